The first-order valence-corrected chi connectivity index (χ1v) is 13.0. The second kappa shape index (κ2) is 11.6. The van der Waals surface area contributed by atoms with Crippen molar-refractivity contribution in [1.29, 1.82) is 0 Å². The lowest BCUT2D eigenvalue weighted by atomic mass is 10.1. The summed E-state index contributed by atoms with van der Waals surface area (Å²) < 4.78 is 25.6. The average molecular weight is 521 g/mol. The zero-order valence-corrected chi connectivity index (χ0v) is 21.6. The molecular weight excluding hydrogens is 487 g/mol. The van der Waals surface area contributed by atoms with Crippen LogP contribution in [0, 0.1) is 5.82 Å². The molecule has 1 aromatic rings. The molecule has 2 N–H and O–H groups in total. The lowest BCUT2D eigenvalue weighted by Gasteiger charge is -2.35. The summed E-state index contributed by atoms with van der Waals surface area (Å²) >= 11 is 5.83. The molecule has 2 aliphatic heterocycles. The zero-order chi connectivity index (χ0) is 25.8. The summed E-state index contributed by atoms with van der Waals surface area (Å²) in [7, 11) is 0. The van der Waals surface area contributed by atoms with E-state index in [2.05, 4.69) is 4.99 Å². The molecule has 0 spiro atoms. The van der Waals surface area contributed by atoms with Crippen LogP contribution < -0.4 is 10.5 Å². The molecule has 3 aliphatic rings. The molecule has 10 heteroatoms. The van der Waals surface area contributed by atoms with Gasteiger partial charge in [0.2, 0.25) is 5.91 Å². The molecule has 0 radical (unpaired) electrons. The number of piperidine rings is 1. The molecule has 1 aromatic carbocycles. The number of halogens is 2. The predicted octanol–water partition coefficient (Wildman–Crippen LogP) is 3.32. The Kier molecular flexibility index (Phi) is 8.51. The van der Waals surface area contributed by atoms with E-state index in [-0.39, 0.29) is 53.1 Å². The number of ether oxygens (including phenoxy) is 2. The summed E-state index contributed by atoms with van der Waals surface area (Å²) in [6, 6.07) is 4.68. The van der Waals surface area contributed by atoms with E-state index in [1.807, 2.05) is 13.8 Å². The summed E-state index contributed by atoms with van der Waals surface area (Å²) in [5.74, 6) is -0.704. The molecule has 2 amide bonds. The number of likely N-dealkylation sites (tertiary alicyclic amines) is 1. The lowest BCUT2D eigenvalue weighted by molar-refractivity contribution is -0.139. The Labute approximate surface area is 216 Å². The Morgan fingerprint density at radius 2 is 1.86 bits per heavy atom. The number of hydrogen-bond acceptors (Lipinski definition) is 6. The van der Waals surface area contributed by atoms with E-state index in [4.69, 9.17) is 26.8 Å². The van der Waals surface area contributed by atoms with Gasteiger partial charge in [0.15, 0.2) is 11.6 Å². The number of benzene rings is 1. The number of allylic oxidation sites excluding steroid dienone is 1. The largest absolute Gasteiger partial charge is 0.487 e. The highest BCUT2D eigenvalue weighted by Gasteiger charge is 2.30. The quantitative estimate of drug-likeness (QED) is 0.601. The summed E-state index contributed by atoms with van der Waals surface area (Å²) in [5, 5.41) is 0.0240. The van der Waals surface area contributed by atoms with Gasteiger partial charge in [0, 0.05) is 50.3 Å². The topological polar surface area (TPSA) is 97.5 Å². The Bertz CT molecular complexity index is 1040. The van der Waals surface area contributed by atoms with Crippen molar-refractivity contribution >= 4 is 29.1 Å². The number of amides is 2. The van der Waals surface area contributed by atoms with Crippen molar-refractivity contribution in [2.24, 2.45) is 10.7 Å². The Morgan fingerprint density at radius 1 is 1.17 bits per heavy atom. The monoisotopic (exact) mass is 520 g/mol. The van der Waals surface area contributed by atoms with Gasteiger partial charge >= 0.3 is 0 Å². The molecule has 0 unspecified atom stereocenters. The van der Waals surface area contributed by atoms with Crippen LogP contribution in [-0.4, -0.2) is 78.4 Å². The van der Waals surface area contributed by atoms with Crippen molar-refractivity contribution in [3.8, 4) is 5.75 Å². The Hall–Kier alpha value is -2.65. The highest BCUT2D eigenvalue weighted by Crippen LogP contribution is 2.28. The van der Waals surface area contributed by atoms with Gasteiger partial charge in [0.25, 0.3) is 5.91 Å². The fourth-order valence-electron chi connectivity index (χ4n) is 5.08. The smallest absolute Gasteiger partial charge is 0.270 e. The van der Waals surface area contributed by atoms with Crippen LogP contribution in [0.25, 0.3) is 0 Å². The number of rotatable bonds is 5. The van der Waals surface area contributed by atoms with E-state index in [1.165, 1.54) is 6.07 Å². The van der Waals surface area contributed by atoms with Gasteiger partial charge in [-0.05, 0) is 45.2 Å². The number of nitrogens with zero attached hydrogens (tertiary/aromatic N) is 3. The fourth-order valence-corrected chi connectivity index (χ4v) is 5.24. The first-order chi connectivity index (χ1) is 17.2. The van der Waals surface area contributed by atoms with E-state index in [0.29, 0.717) is 51.9 Å². The number of carbonyl (C=O) groups is 2. The van der Waals surface area contributed by atoms with Crippen LogP contribution in [0.4, 0.5) is 4.39 Å². The summed E-state index contributed by atoms with van der Waals surface area (Å²) in [6.45, 7) is 5.92. The lowest BCUT2D eigenvalue weighted by Crippen LogP contribution is -2.49. The third-order valence-corrected chi connectivity index (χ3v) is 7.15. The van der Waals surface area contributed by atoms with Crippen molar-refractivity contribution in [2.75, 3.05) is 32.7 Å². The van der Waals surface area contributed by atoms with Crippen molar-refractivity contribution in [1.82, 2.24) is 9.80 Å². The zero-order valence-electron chi connectivity index (χ0n) is 20.8. The van der Waals surface area contributed by atoms with Gasteiger partial charge in [-0.2, -0.15) is 0 Å². The van der Waals surface area contributed by atoms with Crippen LogP contribution in [0.3, 0.4) is 0 Å². The molecule has 2 atom stereocenters. The molecule has 36 heavy (non-hydrogen) atoms. The van der Waals surface area contributed by atoms with E-state index in [9.17, 15) is 14.0 Å². The maximum atomic E-state index is 14.1. The third-order valence-electron chi connectivity index (χ3n) is 6.86. The maximum Gasteiger partial charge on any atom is 0.270 e. The van der Waals surface area contributed by atoms with E-state index < -0.39 is 5.82 Å². The normalized spacial score (nSPS) is 25.8. The van der Waals surface area contributed by atoms with Crippen LogP contribution in [-0.2, 0) is 14.3 Å². The minimum atomic E-state index is -0.565. The molecular formula is C26H34ClFN4O4. The molecule has 2 saturated heterocycles. The number of nitrogens with two attached hydrogens (primary N) is 1. The third kappa shape index (κ3) is 6.18. The van der Waals surface area contributed by atoms with Crippen molar-refractivity contribution in [3.05, 3.63) is 40.3 Å². The second-order valence-corrected chi connectivity index (χ2v) is 10.1. The number of carbonyl (C=O) groups excluding carboxylic acids is 2. The first kappa shape index (κ1) is 26.4. The summed E-state index contributed by atoms with van der Waals surface area (Å²) in [4.78, 5) is 33.9. The van der Waals surface area contributed by atoms with Gasteiger partial charge in [0.1, 0.15) is 18.3 Å². The summed E-state index contributed by atoms with van der Waals surface area (Å²) in [5.41, 5.74) is 8.04. The highest BCUT2D eigenvalue weighted by atomic mass is 35.5. The minimum absolute atomic E-state index is 0.0143. The molecule has 8 nitrogen and oxygen atoms in total. The maximum absolute atomic E-state index is 14.1. The van der Waals surface area contributed by atoms with Crippen molar-refractivity contribution in [2.45, 2.75) is 64.3 Å². The van der Waals surface area contributed by atoms with E-state index >= 15 is 0 Å². The molecule has 196 valence electrons. The van der Waals surface area contributed by atoms with Gasteiger partial charge in [-0.25, -0.2) is 4.39 Å². The van der Waals surface area contributed by atoms with E-state index in [1.54, 1.807) is 21.9 Å². The van der Waals surface area contributed by atoms with Crippen LogP contribution in [0.5, 0.6) is 5.75 Å². The standard InChI is InChI=1S/C26H34ClFN4O4/c1-16-14-32(15-17(2)35-16)26(34)25(29)19-5-3-7-21(19)30-13-23(33)31-11-9-18(10-12-31)36-22-8-4-6-20(27)24(22)28/h4,6,8,16-18H,3,5,7,9-15,29H2,1-2H3/b25-19-,30-21?/t16-,17+. The number of morpholine rings is 1. The van der Waals surface area contributed by atoms with Gasteiger partial charge < -0.3 is 25.0 Å². The van der Waals surface area contributed by atoms with Crippen LogP contribution in [0.15, 0.2) is 34.5 Å². The molecule has 0 bridgehead atoms. The van der Waals surface area contributed by atoms with Crippen LogP contribution in [0.2, 0.25) is 5.02 Å². The molecule has 2 heterocycles. The first-order valence-electron chi connectivity index (χ1n) is 12.6. The Morgan fingerprint density at radius 3 is 2.56 bits per heavy atom. The molecule has 3 fully saturated rings. The van der Waals surface area contributed by atoms with Crippen LogP contribution >= 0.6 is 11.6 Å². The Balaban J connectivity index is 1.32. The average Bonchev–Trinajstić information content (AvgIpc) is 3.33. The van der Waals surface area contributed by atoms with E-state index in [0.717, 1.165) is 17.7 Å². The van der Waals surface area contributed by atoms with Gasteiger partial charge in [-0.3, -0.25) is 14.6 Å². The molecule has 0 aromatic heterocycles. The molecule has 4 rings (SSSR count). The molecule has 1 aliphatic carbocycles. The minimum Gasteiger partial charge on any atom is -0.487 e. The van der Waals surface area contributed by atoms with Crippen molar-refractivity contribution < 1.29 is 23.5 Å². The predicted molar refractivity (Wildman–Crippen MR) is 136 cm³/mol. The van der Waals surface area contributed by atoms with Crippen molar-refractivity contribution in [3.63, 3.8) is 0 Å². The summed E-state index contributed by atoms with van der Waals surface area (Å²) in [6.07, 6.45) is 3.17. The number of hydrogen-bond donors (Lipinski definition) is 1. The van der Waals surface area contributed by atoms with Crippen LogP contribution in [0.1, 0.15) is 46.0 Å². The molecule has 1 saturated carbocycles. The van der Waals surface area contributed by atoms with Gasteiger partial charge in [0.05, 0.1) is 17.2 Å². The second-order valence-electron chi connectivity index (χ2n) is 9.73. The SMILES string of the molecule is C[C@@H]1CN(C(=O)/C(N)=C2\CCCC2=NCC(=O)N2CCC(Oc3cccc(Cl)c3F)CC2)C[C@H](C)O1. The van der Waals surface area contributed by atoms with Gasteiger partial charge in [-0.15, -0.1) is 0 Å². The highest BCUT2D eigenvalue weighted by molar-refractivity contribution is 6.30. The van der Waals surface area contributed by atoms with Gasteiger partial charge in [-0.1, -0.05) is 17.7 Å². The fraction of sp³-hybridized carbons (Fsp3) is 0.577. The number of aliphatic imine (C=N–C) groups is 1.